The van der Waals surface area contributed by atoms with Gasteiger partial charge in [0.25, 0.3) is 0 Å². The van der Waals surface area contributed by atoms with E-state index in [1.807, 2.05) is 24.3 Å². The van der Waals surface area contributed by atoms with Crippen molar-refractivity contribution in [1.82, 2.24) is 15.2 Å². The number of benzene rings is 1. The number of hydrogen-bond acceptors (Lipinski definition) is 5. The van der Waals surface area contributed by atoms with Crippen molar-refractivity contribution in [2.24, 2.45) is 0 Å². The number of nitrogens with zero attached hydrogens (tertiary/aromatic N) is 2. The minimum absolute atomic E-state index is 0.0132. The summed E-state index contributed by atoms with van der Waals surface area (Å²) in [6, 6.07) is 9.19. The minimum Gasteiger partial charge on any atom is -0.383 e. The fraction of sp³-hybridized carbons (Fsp3) is 0.389. The summed E-state index contributed by atoms with van der Waals surface area (Å²) in [6.07, 6.45) is 2.49. The molecule has 1 saturated heterocycles. The molecule has 25 heavy (non-hydrogen) atoms. The number of carbonyl (C=O) groups excluding carboxylic acids is 2. The monoisotopic (exact) mass is 342 g/mol. The number of aromatic nitrogens is 1. The average molecular weight is 342 g/mol. The highest BCUT2D eigenvalue weighted by Gasteiger charge is 2.26. The number of methoxy groups -OCH3 is 1. The molecule has 0 spiro atoms. The molecular weight excluding hydrogens is 320 g/mol. The number of ether oxygens (including phenoxy) is 1. The maximum absolute atomic E-state index is 12.2. The molecule has 2 amide bonds. The molecule has 3 rings (SSSR count). The lowest BCUT2D eigenvalue weighted by molar-refractivity contribution is -0.136. The van der Waals surface area contributed by atoms with Gasteiger partial charge in [0, 0.05) is 44.4 Å². The van der Waals surface area contributed by atoms with E-state index in [9.17, 15) is 9.59 Å². The molecule has 0 aliphatic carbocycles. The first-order valence-electron chi connectivity index (χ1n) is 8.34. The lowest BCUT2D eigenvalue weighted by Gasteiger charge is -2.16. The molecule has 1 unspecified atom stereocenters. The van der Waals surface area contributed by atoms with Crippen LogP contribution >= 0.6 is 0 Å². The zero-order valence-corrected chi connectivity index (χ0v) is 14.2. The topological polar surface area (TPSA) is 83.6 Å². The molecule has 7 nitrogen and oxygen atoms in total. The van der Waals surface area contributed by atoms with Crippen LogP contribution in [0.15, 0.2) is 36.5 Å². The molecule has 0 saturated carbocycles. The molecule has 2 N–H and O–H groups in total. The van der Waals surface area contributed by atoms with Crippen molar-refractivity contribution >= 4 is 28.4 Å². The van der Waals surface area contributed by atoms with Crippen LogP contribution in [0.3, 0.4) is 0 Å². The van der Waals surface area contributed by atoms with Gasteiger partial charge in [0.15, 0.2) is 0 Å². The van der Waals surface area contributed by atoms with E-state index >= 15 is 0 Å². The van der Waals surface area contributed by atoms with E-state index in [4.69, 9.17) is 4.74 Å². The molecule has 1 aliphatic rings. The second kappa shape index (κ2) is 8.04. The number of likely N-dealkylation sites (tertiary alicyclic amines) is 1. The molecule has 132 valence electrons. The minimum atomic E-state index is -0.673. The zero-order valence-electron chi connectivity index (χ0n) is 14.2. The number of anilines is 1. The summed E-state index contributed by atoms with van der Waals surface area (Å²) in [7, 11) is 1.67. The van der Waals surface area contributed by atoms with E-state index in [-0.39, 0.29) is 6.04 Å². The van der Waals surface area contributed by atoms with Gasteiger partial charge in [-0.15, -0.1) is 0 Å². The predicted octanol–water partition coefficient (Wildman–Crippen LogP) is 1.01. The Morgan fingerprint density at radius 2 is 2.12 bits per heavy atom. The molecular formula is C18H22N4O3. The quantitative estimate of drug-likeness (QED) is 0.793. The third-order valence-electron chi connectivity index (χ3n) is 4.31. The van der Waals surface area contributed by atoms with Crippen molar-refractivity contribution in [2.75, 3.05) is 38.7 Å². The van der Waals surface area contributed by atoms with E-state index in [0.29, 0.717) is 17.8 Å². The van der Waals surface area contributed by atoms with Crippen molar-refractivity contribution in [3.05, 3.63) is 36.5 Å². The Balaban J connectivity index is 1.57. The standard InChI is InChI=1S/C18H22N4O3/c1-25-11-10-22-9-7-14(12-22)20-17(23)18(24)21-15-6-2-4-13-5-3-8-19-16(13)15/h2-6,8,14H,7,9-12H2,1H3,(H,20,23)(H,21,24). The number of para-hydroxylation sites is 1. The first-order chi connectivity index (χ1) is 12.2. The second-order valence-corrected chi connectivity index (χ2v) is 6.09. The van der Waals surface area contributed by atoms with Gasteiger partial charge in [-0.25, -0.2) is 0 Å². The number of fused-ring (bicyclic) bond motifs is 1. The van der Waals surface area contributed by atoms with Gasteiger partial charge in [-0.1, -0.05) is 18.2 Å². The molecule has 1 aliphatic heterocycles. The van der Waals surface area contributed by atoms with Crippen LogP contribution in [-0.2, 0) is 14.3 Å². The van der Waals surface area contributed by atoms with Crippen molar-refractivity contribution < 1.29 is 14.3 Å². The van der Waals surface area contributed by atoms with Crippen molar-refractivity contribution in [2.45, 2.75) is 12.5 Å². The van der Waals surface area contributed by atoms with Crippen LogP contribution in [0.4, 0.5) is 5.69 Å². The number of rotatable bonds is 5. The molecule has 7 heteroatoms. The van der Waals surface area contributed by atoms with Gasteiger partial charge in [0.05, 0.1) is 17.8 Å². The Bertz CT molecular complexity index is 760. The summed E-state index contributed by atoms with van der Waals surface area (Å²) < 4.78 is 5.06. The zero-order chi connectivity index (χ0) is 17.6. The molecule has 1 aromatic heterocycles. The van der Waals surface area contributed by atoms with E-state index in [1.165, 1.54) is 0 Å². The van der Waals surface area contributed by atoms with Crippen molar-refractivity contribution in [3.63, 3.8) is 0 Å². The van der Waals surface area contributed by atoms with E-state index in [1.54, 1.807) is 19.4 Å². The van der Waals surface area contributed by atoms with Crippen LogP contribution in [-0.4, -0.2) is 61.1 Å². The van der Waals surface area contributed by atoms with E-state index < -0.39 is 11.8 Å². The molecule has 0 bridgehead atoms. The number of carbonyl (C=O) groups is 2. The van der Waals surface area contributed by atoms with E-state index in [2.05, 4.69) is 20.5 Å². The summed E-state index contributed by atoms with van der Waals surface area (Å²) in [6.45, 7) is 3.12. The Morgan fingerprint density at radius 1 is 1.28 bits per heavy atom. The second-order valence-electron chi connectivity index (χ2n) is 6.09. The van der Waals surface area contributed by atoms with Gasteiger partial charge >= 0.3 is 11.8 Å². The molecule has 1 fully saturated rings. The summed E-state index contributed by atoms with van der Waals surface area (Å²) in [5, 5.41) is 6.36. The third kappa shape index (κ3) is 4.32. The Morgan fingerprint density at radius 3 is 2.96 bits per heavy atom. The maximum atomic E-state index is 12.2. The summed E-state index contributed by atoms with van der Waals surface area (Å²) in [5.74, 6) is -1.29. The fourth-order valence-corrected chi connectivity index (χ4v) is 3.01. The Labute approximate surface area is 146 Å². The highest BCUT2D eigenvalue weighted by Crippen LogP contribution is 2.20. The maximum Gasteiger partial charge on any atom is 0.313 e. The van der Waals surface area contributed by atoms with Gasteiger partial charge in [-0.3, -0.25) is 19.5 Å². The van der Waals surface area contributed by atoms with Gasteiger partial charge < -0.3 is 15.4 Å². The molecule has 2 aromatic rings. The van der Waals surface area contributed by atoms with Gasteiger partial charge in [-0.2, -0.15) is 0 Å². The number of amides is 2. The Kier molecular flexibility index (Phi) is 5.57. The average Bonchev–Trinajstić information content (AvgIpc) is 3.07. The van der Waals surface area contributed by atoms with Crippen molar-refractivity contribution in [3.8, 4) is 0 Å². The number of hydrogen-bond donors (Lipinski definition) is 2. The highest BCUT2D eigenvalue weighted by molar-refractivity contribution is 6.40. The predicted molar refractivity (Wildman–Crippen MR) is 95.2 cm³/mol. The summed E-state index contributed by atoms with van der Waals surface area (Å²) >= 11 is 0. The van der Waals surface area contributed by atoms with Crippen LogP contribution in [0.5, 0.6) is 0 Å². The number of pyridine rings is 1. The first-order valence-corrected chi connectivity index (χ1v) is 8.34. The van der Waals surface area contributed by atoms with Crippen LogP contribution < -0.4 is 10.6 Å². The Hall–Kier alpha value is -2.51. The smallest absolute Gasteiger partial charge is 0.313 e. The summed E-state index contributed by atoms with van der Waals surface area (Å²) in [4.78, 5) is 30.9. The van der Waals surface area contributed by atoms with Crippen LogP contribution in [0, 0.1) is 0 Å². The molecule has 2 heterocycles. The third-order valence-corrected chi connectivity index (χ3v) is 4.31. The molecule has 0 radical (unpaired) electrons. The molecule has 1 atom stereocenters. The van der Waals surface area contributed by atoms with Gasteiger partial charge in [0.2, 0.25) is 0 Å². The lowest BCUT2D eigenvalue weighted by atomic mass is 10.2. The largest absolute Gasteiger partial charge is 0.383 e. The summed E-state index contributed by atoms with van der Waals surface area (Å²) in [5.41, 5.74) is 1.20. The highest BCUT2D eigenvalue weighted by atomic mass is 16.5. The molecule has 1 aromatic carbocycles. The van der Waals surface area contributed by atoms with E-state index in [0.717, 1.165) is 31.4 Å². The van der Waals surface area contributed by atoms with Crippen LogP contribution in [0.1, 0.15) is 6.42 Å². The fourth-order valence-electron chi connectivity index (χ4n) is 3.01. The van der Waals surface area contributed by atoms with Gasteiger partial charge in [-0.05, 0) is 18.6 Å². The van der Waals surface area contributed by atoms with Crippen molar-refractivity contribution in [1.29, 1.82) is 0 Å². The number of nitrogens with one attached hydrogen (secondary N) is 2. The lowest BCUT2D eigenvalue weighted by Crippen LogP contribution is -2.43. The van der Waals surface area contributed by atoms with Gasteiger partial charge in [0.1, 0.15) is 0 Å². The SMILES string of the molecule is COCCN1CCC(NC(=O)C(=O)Nc2cccc3cccnc23)C1. The van der Waals surface area contributed by atoms with Crippen LogP contribution in [0.2, 0.25) is 0 Å². The van der Waals surface area contributed by atoms with Crippen LogP contribution in [0.25, 0.3) is 10.9 Å². The first kappa shape index (κ1) is 17.3. The normalized spacial score (nSPS) is 17.6.